The van der Waals surface area contributed by atoms with Crippen LogP contribution in [0.3, 0.4) is 0 Å². The molecule has 0 spiro atoms. The van der Waals surface area contributed by atoms with Crippen LogP contribution >= 0.6 is 0 Å². The SMILES string of the molecule is CCCC[C]1C=Cc2cc3c(cc21)CCC3.[Hf]. The van der Waals surface area contributed by atoms with Gasteiger partial charge in [0.25, 0.3) is 0 Å². The number of aryl methyl sites for hydroxylation is 2. The topological polar surface area (TPSA) is 0 Å². The molecule has 0 N–H and O–H groups in total. The van der Waals surface area contributed by atoms with E-state index >= 15 is 0 Å². The third-order valence-corrected chi connectivity index (χ3v) is 3.87. The second kappa shape index (κ2) is 5.65. The monoisotopic (exact) mass is 391 g/mol. The second-order valence-electron chi connectivity index (χ2n) is 5.02. The Balaban J connectivity index is 0.00000108. The molecular weight excluding hydrogens is 371 g/mol. The summed E-state index contributed by atoms with van der Waals surface area (Å²) in [6.45, 7) is 2.27. The number of allylic oxidation sites excluding steroid dienone is 1. The molecular formula is C16H19Hf. The van der Waals surface area contributed by atoms with Crippen molar-refractivity contribution in [3.63, 3.8) is 0 Å². The Morgan fingerprint density at radius 3 is 2.59 bits per heavy atom. The van der Waals surface area contributed by atoms with Crippen molar-refractivity contribution in [1.82, 2.24) is 0 Å². The molecule has 0 fully saturated rings. The van der Waals surface area contributed by atoms with Crippen molar-refractivity contribution in [2.45, 2.75) is 45.4 Å². The standard InChI is InChI=1S/C16H19.Hf/c1-2-3-5-12-8-9-15-10-13-6-4-7-14(13)11-16(12)15;/h8-11H,2-7H2,1H3;. The largest absolute Gasteiger partial charge is 0.0721 e. The summed E-state index contributed by atoms with van der Waals surface area (Å²) in [6.07, 6.45) is 12.4. The number of fused-ring (bicyclic) bond motifs is 2. The van der Waals surface area contributed by atoms with E-state index in [-0.39, 0.29) is 25.8 Å². The third-order valence-electron chi connectivity index (χ3n) is 3.87. The van der Waals surface area contributed by atoms with Gasteiger partial charge in [-0.2, -0.15) is 0 Å². The van der Waals surface area contributed by atoms with Crippen LogP contribution in [-0.4, -0.2) is 0 Å². The number of hydrogen-bond donors (Lipinski definition) is 0. The Hall–Kier alpha value is -0.170. The molecule has 1 heteroatoms. The minimum Gasteiger partial charge on any atom is -0.0721 e. The second-order valence-corrected chi connectivity index (χ2v) is 5.02. The molecule has 0 nitrogen and oxygen atoms in total. The maximum absolute atomic E-state index is 2.46. The average Bonchev–Trinajstić information content (AvgIpc) is 2.89. The number of benzene rings is 1. The van der Waals surface area contributed by atoms with Gasteiger partial charge >= 0.3 is 0 Å². The third kappa shape index (κ3) is 2.50. The van der Waals surface area contributed by atoms with Gasteiger partial charge in [-0.3, -0.25) is 0 Å². The molecule has 87 valence electrons. The summed E-state index contributed by atoms with van der Waals surface area (Å²) in [6, 6.07) is 4.88. The van der Waals surface area contributed by atoms with Crippen LogP contribution in [0.25, 0.3) is 6.08 Å². The fourth-order valence-electron chi connectivity index (χ4n) is 2.92. The summed E-state index contributed by atoms with van der Waals surface area (Å²) >= 11 is 0. The molecule has 17 heavy (non-hydrogen) atoms. The van der Waals surface area contributed by atoms with E-state index in [0.717, 1.165) is 0 Å². The minimum atomic E-state index is 0. The van der Waals surface area contributed by atoms with Crippen LogP contribution < -0.4 is 0 Å². The van der Waals surface area contributed by atoms with E-state index in [1.54, 1.807) is 17.0 Å². The van der Waals surface area contributed by atoms with Crippen molar-refractivity contribution in [3.8, 4) is 0 Å². The summed E-state index contributed by atoms with van der Waals surface area (Å²) in [5.41, 5.74) is 6.19. The Bertz CT molecular complexity index is 431. The summed E-state index contributed by atoms with van der Waals surface area (Å²) in [7, 11) is 0. The Labute approximate surface area is 123 Å². The van der Waals surface area contributed by atoms with Crippen LogP contribution in [0.2, 0.25) is 0 Å². The van der Waals surface area contributed by atoms with E-state index in [1.807, 2.05) is 0 Å². The molecule has 0 aliphatic heterocycles. The Kier molecular flexibility index (Phi) is 4.41. The van der Waals surface area contributed by atoms with Gasteiger partial charge in [0.1, 0.15) is 0 Å². The molecule has 0 aromatic heterocycles. The molecule has 0 amide bonds. The van der Waals surface area contributed by atoms with Crippen molar-refractivity contribution in [3.05, 3.63) is 46.4 Å². The van der Waals surface area contributed by atoms with Crippen LogP contribution in [0.15, 0.2) is 18.2 Å². The van der Waals surface area contributed by atoms with Crippen LogP contribution in [-0.2, 0) is 38.7 Å². The van der Waals surface area contributed by atoms with Gasteiger partial charge in [-0.25, -0.2) is 0 Å². The zero-order valence-electron chi connectivity index (χ0n) is 10.6. The van der Waals surface area contributed by atoms with E-state index in [1.165, 1.54) is 49.7 Å². The first-order valence-corrected chi connectivity index (χ1v) is 6.58. The zero-order chi connectivity index (χ0) is 11.0. The molecule has 0 heterocycles. The van der Waals surface area contributed by atoms with Crippen LogP contribution in [0, 0.1) is 5.92 Å². The summed E-state index contributed by atoms with van der Waals surface area (Å²) in [4.78, 5) is 0. The molecule has 0 unspecified atom stereocenters. The molecule has 1 aromatic rings. The molecule has 0 bridgehead atoms. The summed E-state index contributed by atoms with van der Waals surface area (Å²) in [5.74, 6) is 1.56. The van der Waals surface area contributed by atoms with E-state index in [9.17, 15) is 0 Å². The van der Waals surface area contributed by atoms with Crippen molar-refractivity contribution >= 4 is 6.08 Å². The van der Waals surface area contributed by atoms with Gasteiger partial charge in [-0.1, -0.05) is 44.1 Å². The van der Waals surface area contributed by atoms with E-state index in [2.05, 4.69) is 31.2 Å². The van der Waals surface area contributed by atoms with Gasteiger partial charge in [0.05, 0.1) is 0 Å². The minimum absolute atomic E-state index is 0. The first-order valence-electron chi connectivity index (χ1n) is 6.58. The van der Waals surface area contributed by atoms with Crippen molar-refractivity contribution in [1.29, 1.82) is 0 Å². The average molecular weight is 390 g/mol. The van der Waals surface area contributed by atoms with Crippen LogP contribution in [0.4, 0.5) is 0 Å². The van der Waals surface area contributed by atoms with E-state index in [4.69, 9.17) is 0 Å². The van der Waals surface area contributed by atoms with Gasteiger partial charge in [0.15, 0.2) is 0 Å². The predicted octanol–water partition coefficient (Wildman–Crippen LogP) is 4.31. The van der Waals surface area contributed by atoms with E-state index in [0.29, 0.717) is 0 Å². The molecule has 0 saturated heterocycles. The number of unbranched alkanes of at least 4 members (excludes halogenated alkanes) is 1. The molecule has 2 aliphatic rings. The number of rotatable bonds is 3. The van der Waals surface area contributed by atoms with Crippen molar-refractivity contribution < 1.29 is 25.8 Å². The maximum atomic E-state index is 2.46. The first kappa shape index (κ1) is 13.3. The van der Waals surface area contributed by atoms with Gasteiger partial charge in [0, 0.05) is 31.8 Å². The van der Waals surface area contributed by atoms with E-state index < -0.39 is 0 Å². The van der Waals surface area contributed by atoms with Gasteiger partial charge in [-0.15, -0.1) is 0 Å². The van der Waals surface area contributed by atoms with Gasteiger partial charge < -0.3 is 0 Å². The predicted molar refractivity (Wildman–Crippen MR) is 69.4 cm³/mol. The smallest absolute Gasteiger partial charge is 0.0273 e. The first-order chi connectivity index (χ1) is 7.88. The molecule has 1 aromatic carbocycles. The fourth-order valence-corrected chi connectivity index (χ4v) is 2.92. The maximum Gasteiger partial charge on any atom is 0.0273 e. The molecule has 0 saturated carbocycles. The fraction of sp³-hybridized carbons (Fsp3) is 0.438. The van der Waals surface area contributed by atoms with Crippen LogP contribution in [0.5, 0.6) is 0 Å². The normalized spacial score (nSPS) is 16.8. The van der Waals surface area contributed by atoms with Crippen molar-refractivity contribution in [2.24, 2.45) is 0 Å². The Morgan fingerprint density at radius 2 is 1.82 bits per heavy atom. The Morgan fingerprint density at radius 1 is 1.06 bits per heavy atom. The zero-order valence-corrected chi connectivity index (χ0v) is 14.1. The van der Waals surface area contributed by atoms with Gasteiger partial charge in [-0.05, 0) is 47.9 Å². The molecule has 0 atom stereocenters. The van der Waals surface area contributed by atoms with Crippen molar-refractivity contribution in [2.75, 3.05) is 0 Å². The molecule has 3 rings (SSSR count). The number of hydrogen-bond acceptors (Lipinski definition) is 0. The summed E-state index contributed by atoms with van der Waals surface area (Å²) < 4.78 is 0. The molecule has 1 radical (unpaired) electrons. The summed E-state index contributed by atoms with van der Waals surface area (Å²) in [5, 5.41) is 0. The van der Waals surface area contributed by atoms with Gasteiger partial charge in [0.2, 0.25) is 0 Å². The van der Waals surface area contributed by atoms with Crippen LogP contribution in [0.1, 0.15) is 54.9 Å². The quantitative estimate of drug-likeness (QED) is 0.676. The molecule has 2 aliphatic carbocycles.